The Bertz CT molecular complexity index is 2590. The number of fused-ring (bicyclic) bond motifs is 5. The van der Waals surface area contributed by atoms with Crippen molar-refractivity contribution in [1.29, 1.82) is 5.26 Å². The van der Waals surface area contributed by atoms with Gasteiger partial charge in [0.05, 0.1) is 39.9 Å². The summed E-state index contributed by atoms with van der Waals surface area (Å²) in [5.41, 5.74) is 8.53. The van der Waals surface area contributed by atoms with E-state index in [1.807, 2.05) is 85.2 Å². The molecule has 0 fully saturated rings. The van der Waals surface area contributed by atoms with Gasteiger partial charge >= 0.3 is 0 Å². The molecule has 218 valence electrons. The number of nitriles is 1. The largest absolute Gasteiger partial charge is 0.292 e. The maximum Gasteiger partial charge on any atom is 0.138 e. The second-order valence-corrected chi connectivity index (χ2v) is 11.6. The van der Waals surface area contributed by atoms with Crippen LogP contribution in [0.3, 0.4) is 0 Å². The lowest BCUT2D eigenvalue weighted by Gasteiger charge is -2.14. The van der Waals surface area contributed by atoms with Crippen molar-refractivity contribution in [2.75, 3.05) is 0 Å². The van der Waals surface area contributed by atoms with Crippen LogP contribution in [0.1, 0.15) is 5.56 Å². The molecular formula is C42H25N5. The molecule has 0 N–H and O–H groups in total. The average molecular weight is 600 g/mol. The first-order valence-corrected chi connectivity index (χ1v) is 15.5. The maximum absolute atomic E-state index is 10.0. The van der Waals surface area contributed by atoms with E-state index >= 15 is 0 Å². The minimum atomic E-state index is 0.713. The SMILES string of the molecule is N#Cc1c2ccccc2c(-c2ccc(-c3cccc(-c4cccc(-n5c6ccccc6c6ccncc65)n4)n3)cc2)c2ccccc12. The fraction of sp³-hybridized carbons (Fsp3) is 0. The number of hydrogen-bond donors (Lipinski definition) is 0. The Kier molecular flexibility index (Phi) is 6.12. The summed E-state index contributed by atoms with van der Waals surface area (Å²) in [5, 5.41) is 16.4. The second kappa shape index (κ2) is 10.8. The smallest absolute Gasteiger partial charge is 0.138 e. The maximum atomic E-state index is 10.0. The third-order valence-electron chi connectivity index (χ3n) is 8.96. The van der Waals surface area contributed by atoms with Crippen LogP contribution in [-0.2, 0) is 0 Å². The lowest BCUT2D eigenvalue weighted by atomic mass is 9.88. The van der Waals surface area contributed by atoms with E-state index in [1.54, 1.807) is 0 Å². The summed E-state index contributed by atoms with van der Waals surface area (Å²) < 4.78 is 2.17. The lowest BCUT2D eigenvalue weighted by Crippen LogP contribution is -1.99. The quantitative estimate of drug-likeness (QED) is 0.189. The Labute approximate surface area is 270 Å². The number of benzene rings is 5. The first kappa shape index (κ1) is 26.7. The molecule has 0 aliphatic heterocycles. The van der Waals surface area contributed by atoms with E-state index in [4.69, 9.17) is 9.97 Å². The van der Waals surface area contributed by atoms with Gasteiger partial charge in [-0.1, -0.05) is 103 Å². The Hall–Kier alpha value is -6.64. The first-order valence-electron chi connectivity index (χ1n) is 15.5. The molecule has 4 aromatic heterocycles. The molecule has 0 saturated carbocycles. The van der Waals surface area contributed by atoms with Gasteiger partial charge in [0.15, 0.2) is 0 Å². The van der Waals surface area contributed by atoms with E-state index < -0.39 is 0 Å². The van der Waals surface area contributed by atoms with Gasteiger partial charge < -0.3 is 0 Å². The molecule has 4 heterocycles. The van der Waals surface area contributed by atoms with Crippen LogP contribution < -0.4 is 0 Å². The van der Waals surface area contributed by atoms with Crippen molar-refractivity contribution in [3.05, 3.63) is 157 Å². The van der Waals surface area contributed by atoms with Crippen molar-refractivity contribution in [1.82, 2.24) is 19.5 Å². The molecule has 9 aromatic rings. The molecule has 0 bridgehead atoms. The summed E-state index contributed by atoms with van der Waals surface area (Å²) in [4.78, 5) is 14.6. The number of nitrogens with zero attached hydrogens (tertiary/aromatic N) is 5. The molecular weight excluding hydrogens is 574 g/mol. The second-order valence-electron chi connectivity index (χ2n) is 11.6. The molecule has 0 aliphatic rings. The Morgan fingerprint density at radius 1 is 0.468 bits per heavy atom. The minimum Gasteiger partial charge on any atom is -0.292 e. The van der Waals surface area contributed by atoms with Crippen molar-refractivity contribution in [3.8, 4) is 45.7 Å². The fourth-order valence-electron chi connectivity index (χ4n) is 6.86. The van der Waals surface area contributed by atoms with E-state index in [0.29, 0.717) is 5.56 Å². The van der Waals surface area contributed by atoms with Crippen molar-refractivity contribution in [3.63, 3.8) is 0 Å². The van der Waals surface area contributed by atoms with Gasteiger partial charge in [0.25, 0.3) is 0 Å². The molecule has 0 amide bonds. The zero-order chi connectivity index (χ0) is 31.3. The highest BCUT2D eigenvalue weighted by atomic mass is 15.1. The van der Waals surface area contributed by atoms with E-state index in [-0.39, 0.29) is 0 Å². The number of para-hydroxylation sites is 1. The summed E-state index contributed by atoms with van der Waals surface area (Å²) in [5.74, 6) is 0.820. The zero-order valence-electron chi connectivity index (χ0n) is 25.2. The van der Waals surface area contributed by atoms with Gasteiger partial charge in [-0.15, -0.1) is 0 Å². The zero-order valence-corrected chi connectivity index (χ0v) is 25.2. The Morgan fingerprint density at radius 2 is 1.04 bits per heavy atom. The molecule has 5 heteroatoms. The van der Waals surface area contributed by atoms with Crippen LogP contribution in [0, 0.1) is 11.3 Å². The molecule has 9 rings (SSSR count). The number of pyridine rings is 3. The normalized spacial score (nSPS) is 11.4. The van der Waals surface area contributed by atoms with Crippen LogP contribution in [-0.4, -0.2) is 19.5 Å². The summed E-state index contributed by atoms with van der Waals surface area (Å²) in [6.07, 6.45) is 3.73. The van der Waals surface area contributed by atoms with Crippen molar-refractivity contribution < 1.29 is 0 Å². The molecule has 0 unspecified atom stereocenters. The molecule has 0 radical (unpaired) electrons. The van der Waals surface area contributed by atoms with Crippen LogP contribution in [0.4, 0.5) is 0 Å². The van der Waals surface area contributed by atoms with Crippen LogP contribution in [0.2, 0.25) is 0 Å². The third-order valence-corrected chi connectivity index (χ3v) is 8.96. The summed E-state index contributed by atoms with van der Waals surface area (Å²) in [7, 11) is 0. The Balaban J connectivity index is 1.12. The average Bonchev–Trinajstić information content (AvgIpc) is 3.48. The van der Waals surface area contributed by atoms with Gasteiger partial charge in [-0.05, 0) is 58.3 Å². The molecule has 47 heavy (non-hydrogen) atoms. The van der Waals surface area contributed by atoms with Gasteiger partial charge in [-0.25, -0.2) is 9.97 Å². The van der Waals surface area contributed by atoms with Crippen LogP contribution >= 0.6 is 0 Å². The van der Waals surface area contributed by atoms with E-state index in [2.05, 4.69) is 82.4 Å². The summed E-state index contributed by atoms with van der Waals surface area (Å²) in [6, 6.07) is 49.9. The van der Waals surface area contributed by atoms with Gasteiger partial charge in [0, 0.05) is 33.3 Å². The predicted molar refractivity (Wildman–Crippen MR) is 190 cm³/mol. The summed E-state index contributed by atoms with van der Waals surface area (Å²) in [6.45, 7) is 0. The van der Waals surface area contributed by atoms with Crippen molar-refractivity contribution in [2.45, 2.75) is 0 Å². The van der Waals surface area contributed by atoms with E-state index in [1.165, 1.54) is 5.39 Å². The number of aromatic nitrogens is 4. The van der Waals surface area contributed by atoms with Crippen molar-refractivity contribution in [2.24, 2.45) is 0 Å². The van der Waals surface area contributed by atoms with E-state index in [0.717, 1.165) is 77.6 Å². The first-order chi connectivity index (χ1) is 23.3. The van der Waals surface area contributed by atoms with Gasteiger partial charge in [0.2, 0.25) is 0 Å². The number of rotatable bonds is 4. The van der Waals surface area contributed by atoms with Crippen LogP contribution in [0.5, 0.6) is 0 Å². The van der Waals surface area contributed by atoms with Crippen LogP contribution in [0.25, 0.3) is 82.9 Å². The topological polar surface area (TPSA) is 67.4 Å². The highest BCUT2D eigenvalue weighted by Crippen LogP contribution is 2.39. The van der Waals surface area contributed by atoms with Gasteiger partial charge in [-0.3, -0.25) is 9.55 Å². The Morgan fingerprint density at radius 3 is 1.77 bits per heavy atom. The third kappa shape index (κ3) is 4.28. The molecule has 0 atom stereocenters. The van der Waals surface area contributed by atoms with Gasteiger partial charge in [-0.2, -0.15) is 5.26 Å². The standard InChI is InChI=1S/C42H25N5/c43-25-35-29-9-1-3-12-33(29)42(34-13-4-2-10-30(34)35)28-21-19-27(20-22-28)36-14-7-15-37(45-36)38-16-8-18-41(46-38)47-39-17-6-5-11-31(39)32-23-24-44-26-40(32)47/h1-24,26H. The monoisotopic (exact) mass is 599 g/mol. The van der Waals surface area contributed by atoms with E-state index in [9.17, 15) is 5.26 Å². The van der Waals surface area contributed by atoms with Crippen molar-refractivity contribution >= 4 is 43.4 Å². The molecule has 5 nitrogen and oxygen atoms in total. The minimum absolute atomic E-state index is 0.713. The molecule has 5 aromatic carbocycles. The molecule has 0 aliphatic carbocycles. The lowest BCUT2D eigenvalue weighted by molar-refractivity contribution is 1.07. The van der Waals surface area contributed by atoms with Gasteiger partial charge in [0.1, 0.15) is 11.9 Å². The number of hydrogen-bond acceptors (Lipinski definition) is 4. The molecule has 0 spiro atoms. The molecule has 0 saturated heterocycles. The highest BCUT2D eigenvalue weighted by molar-refractivity contribution is 6.16. The highest BCUT2D eigenvalue weighted by Gasteiger charge is 2.16. The summed E-state index contributed by atoms with van der Waals surface area (Å²) >= 11 is 0. The predicted octanol–water partition coefficient (Wildman–Crippen LogP) is 10.1. The van der Waals surface area contributed by atoms with Crippen LogP contribution in [0.15, 0.2) is 152 Å². The fourth-order valence-corrected chi connectivity index (χ4v) is 6.86.